The van der Waals surface area contributed by atoms with E-state index in [4.69, 9.17) is 0 Å². The highest BCUT2D eigenvalue weighted by molar-refractivity contribution is 3.54. The highest BCUT2D eigenvalue weighted by atomic mass is 17.2. The van der Waals surface area contributed by atoms with Crippen molar-refractivity contribution < 1.29 is 9.78 Å². The van der Waals surface area contributed by atoms with Crippen molar-refractivity contribution in [1.82, 2.24) is 0 Å². The second kappa shape index (κ2) is 20.8. The Balaban J connectivity index is 0. The first-order chi connectivity index (χ1) is 2.91. The summed E-state index contributed by atoms with van der Waals surface area (Å²) >= 11 is 0. The van der Waals surface area contributed by atoms with E-state index in [-0.39, 0.29) is 0 Å². The van der Waals surface area contributed by atoms with Crippen LogP contribution in [0.25, 0.3) is 0 Å². The van der Waals surface area contributed by atoms with Crippen LogP contribution in [-0.2, 0) is 9.78 Å². The smallest absolute Gasteiger partial charge is 0.0712 e. The zero-order valence-corrected chi connectivity index (χ0v) is 4.39. The van der Waals surface area contributed by atoms with Crippen molar-refractivity contribution in [3.63, 3.8) is 0 Å². The van der Waals surface area contributed by atoms with Crippen LogP contribution in [0.5, 0.6) is 0 Å². The minimum Gasteiger partial charge on any atom is -0.333 e. The Morgan fingerprint density at radius 3 is 1.17 bits per heavy atom. The molecule has 0 bridgehead atoms. The van der Waals surface area contributed by atoms with E-state index in [1.807, 2.05) is 0 Å². The predicted molar refractivity (Wildman–Crippen MR) is 24.1 cm³/mol. The van der Waals surface area contributed by atoms with E-state index < -0.39 is 0 Å². The van der Waals surface area contributed by atoms with E-state index >= 15 is 0 Å². The average molecular weight is 93.1 g/mol. The van der Waals surface area contributed by atoms with Gasteiger partial charge in [-0.15, -0.1) is 0 Å². The lowest BCUT2D eigenvalue weighted by Crippen LogP contribution is -1.72. The maximum Gasteiger partial charge on any atom is 0.0712 e. The van der Waals surface area contributed by atoms with Gasteiger partial charge in [-0.05, 0) is 7.05 Å². The minimum absolute atomic E-state index is 1.46. The van der Waals surface area contributed by atoms with Gasteiger partial charge >= 0.3 is 0 Å². The molecule has 6 heavy (non-hydrogen) atoms. The fraction of sp³-hybridized carbons (Fsp3) is 1.00. The SMILES string of the molecule is CN.COOC. The second-order valence-electron chi connectivity index (χ2n) is 0.333. The molecule has 0 unspecified atom stereocenters. The highest BCUT2D eigenvalue weighted by Crippen LogP contribution is 1.52. The second-order valence-corrected chi connectivity index (χ2v) is 0.333. The van der Waals surface area contributed by atoms with Crippen molar-refractivity contribution in [1.29, 1.82) is 0 Å². The molecule has 0 rings (SSSR count). The maximum absolute atomic E-state index is 4.50. The molecule has 0 saturated carbocycles. The molecule has 0 atom stereocenters. The molecule has 3 nitrogen and oxygen atoms in total. The highest BCUT2D eigenvalue weighted by Gasteiger charge is 1.47. The van der Waals surface area contributed by atoms with Gasteiger partial charge in [0.1, 0.15) is 0 Å². The predicted octanol–water partition coefficient (Wildman–Crippen LogP) is -0.231. The maximum atomic E-state index is 4.50. The molecule has 0 aliphatic rings. The Kier molecular flexibility index (Phi) is 32.2. The summed E-state index contributed by atoms with van der Waals surface area (Å²) in [6, 6.07) is 0. The lowest BCUT2D eigenvalue weighted by molar-refractivity contribution is -0.248. The quantitative estimate of drug-likeness (QED) is 0.359. The molecule has 0 radical (unpaired) electrons. The van der Waals surface area contributed by atoms with Gasteiger partial charge in [0.2, 0.25) is 0 Å². The summed E-state index contributed by atoms with van der Waals surface area (Å²) in [7, 11) is 4.42. The monoisotopic (exact) mass is 93.1 g/mol. The molecule has 0 aromatic carbocycles. The number of hydrogen-bond acceptors (Lipinski definition) is 3. The molecular weight excluding hydrogens is 82.0 g/mol. The first kappa shape index (κ1) is 9.30. The lowest BCUT2D eigenvalue weighted by Gasteiger charge is -1.78. The van der Waals surface area contributed by atoms with Crippen LogP contribution in [0.2, 0.25) is 0 Å². The number of rotatable bonds is 1. The summed E-state index contributed by atoms with van der Waals surface area (Å²) in [5, 5.41) is 0. The van der Waals surface area contributed by atoms with Crippen molar-refractivity contribution in [3.8, 4) is 0 Å². The molecule has 0 aromatic heterocycles. The van der Waals surface area contributed by atoms with Gasteiger partial charge in [-0.25, -0.2) is 9.78 Å². The number of nitrogens with two attached hydrogens (primary N) is 1. The van der Waals surface area contributed by atoms with E-state index in [1.54, 1.807) is 0 Å². The Hall–Kier alpha value is -0.120. The van der Waals surface area contributed by atoms with Crippen LogP contribution in [0.3, 0.4) is 0 Å². The standard InChI is InChI=1S/C2H6O2.CH5N/c1-3-4-2;1-2/h1-2H3;2H2,1H3. The van der Waals surface area contributed by atoms with Gasteiger partial charge in [-0.1, -0.05) is 0 Å². The van der Waals surface area contributed by atoms with Gasteiger partial charge in [0.25, 0.3) is 0 Å². The van der Waals surface area contributed by atoms with Gasteiger partial charge in [0, 0.05) is 0 Å². The fourth-order valence-electron chi connectivity index (χ4n) is 0. The first-order valence-corrected chi connectivity index (χ1v) is 1.56. The molecule has 0 aromatic rings. The van der Waals surface area contributed by atoms with Crippen LogP contribution in [0, 0.1) is 0 Å². The third-order valence-corrected chi connectivity index (χ3v) is 0.167. The molecule has 0 amide bonds. The number of hydrogen-bond donors (Lipinski definition) is 1. The zero-order valence-electron chi connectivity index (χ0n) is 4.39. The fourth-order valence-corrected chi connectivity index (χ4v) is 0. The molecule has 40 valence electrons. The summed E-state index contributed by atoms with van der Waals surface area (Å²) < 4.78 is 0. The molecule has 2 N–H and O–H groups in total. The summed E-state index contributed by atoms with van der Waals surface area (Å²) in [5.41, 5.74) is 4.50. The summed E-state index contributed by atoms with van der Waals surface area (Å²) in [5.74, 6) is 0. The van der Waals surface area contributed by atoms with E-state index in [2.05, 4.69) is 15.5 Å². The van der Waals surface area contributed by atoms with Crippen molar-refractivity contribution in [3.05, 3.63) is 0 Å². The first-order valence-electron chi connectivity index (χ1n) is 1.56. The van der Waals surface area contributed by atoms with Gasteiger partial charge in [0.05, 0.1) is 14.2 Å². The van der Waals surface area contributed by atoms with E-state index in [1.165, 1.54) is 21.3 Å². The minimum atomic E-state index is 1.46. The van der Waals surface area contributed by atoms with Crippen molar-refractivity contribution in [2.45, 2.75) is 0 Å². The van der Waals surface area contributed by atoms with Gasteiger partial charge < -0.3 is 5.73 Å². The molecule has 0 heterocycles. The average Bonchev–Trinajstić information content (AvgIpc) is 1.72. The molecule has 0 saturated heterocycles. The van der Waals surface area contributed by atoms with Crippen molar-refractivity contribution in [2.24, 2.45) is 5.73 Å². The van der Waals surface area contributed by atoms with E-state index in [9.17, 15) is 0 Å². The molecule has 0 fully saturated rings. The Morgan fingerprint density at radius 1 is 1.00 bits per heavy atom. The Bertz CT molecular complexity index is 10.8. The molecule has 0 aliphatic carbocycles. The van der Waals surface area contributed by atoms with Gasteiger partial charge in [-0.2, -0.15) is 0 Å². The third kappa shape index (κ3) is 41.6. The van der Waals surface area contributed by atoms with Crippen LogP contribution in [0.4, 0.5) is 0 Å². The van der Waals surface area contributed by atoms with Crippen LogP contribution in [0.15, 0.2) is 0 Å². The van der Waals surface area contributed by atoms with Crippen LogP contribution in [-0.4, -0.2) is 21.3 Å². The zero-order chi connectivity index (χ0) is 5.41. The third-order valence-electron chi connectivity index (χ3n) is 0.167. The van der Waals surface area contributed by atoms with Gasteiger partial charge in [0.15, 0.2) is 0 Å². The van der Waals surface area contributed by atoms with Crippen LogP contribution >= 0.6 is 0 Å². The summed E-state index contributed by atoms with van der Waals surface area (Å²) in [6.45, 7) is 0. The van der Waals surface area contributed by atoms with Gasteiger partial charge in [-0.3, -0.25) is 0 Å². The molecule has 3 heteroatoms. The summed E-state index contributed by atoms with van der Waals surface area (Å²) in [6.07, 6.45) is 0. The lowest BCUT2D eigenvalue weighted by atomic mass is 11.6. The van der Waals surface area contributed by atoms with Crippen LogP contribution in [0.1, 0.15) is 0 Å². The normalized spacial score (nSPS) is 6.00. The summed E-state index contributed by atoms with van der Waals surface area (Å²) in [4.78, 5) is 8.08. The van der Waals surface area contributed by atoms with E-state index in [0.29, 0.717) is 0 Å². The largest absolute Gasteiger partial charge is 0.333 e. The Labute approximate surface area is 38.0 Å². The molecular formula is C3H11NO2. The molecule has 0 spiro atoms. The van der Waals surface area contributed by atoms with Crippen LogP contribution < -0.4 is 5.73 Å². The van der Waals surface area contributed by atoms with Crippen molar-refractivity contribution >= 4 is 0 Å². The van der Waals surface area contributed by atoms with E-state index in [0.717, 1.165) is 0 Å². The molecule has 0 aliphatic heterocycles. The topological polar surface area (TPSA) is 44.5 Å². The van der Waals surface area contributed by atoms with Crippen molar-refractivity contribution in [2.75, 3.05) is 21.3 Å². The Morgan fingerprint density at radius 2 is 1.17 bits per heavy atom.